The van der Waals surface area contributed by atoms with Gasteiger partial charge in [-0.15, -0.1) is 0 Å². The van der Waals surface area contributed by atoms with Crippen LogP contribution in [0, 0.1) is 6.92 Å². The number of fused-ring (bicyclic) bond motifs is 3. The maximum atomic E-state index is 4.62. The van der Waals surface area contributed by atoms with Gasteiger partial charge < -0.3 is 9.80 Å². The van der Waals surface area contributed by atoms with E-state index in [1.807, 2.05) is 18.3 Å². The molecule has 2 aromatic heterocycles. The van der Waals surface area contributed by atoms with Crippen LogP contribution in [0.1, 0.15) is 19.4 Å². The zero-order chi connectivity index (χ0) is 19.5. The minimum Gasteiger partial charge on any atom is -0.357 e. The molecule has 0 amide bonds. The van der Waals surface area contributed by atoms with E-state index >= 15 is 0 Å². The van der Waals surface area contributed by atoms with Crippen LogP contribution in [-0.2, 0) is 0 Å². The van der Waals surface area contributed by atoms with Gasteiger partial charge in [-0.1, -0.05) is 24.3 Å². The Bertz CT molecular complexity index is 1220. The predicted molar refractivity (Wildman–Crippen MR) is 117 cm³/mol. The van der Waals surface area contributed by atoms with E-state index in [-0.39, 0.29) is 5.66 Å². The summed E-state index contributed by atoms with van der Waals surface area (Å²) in [4.78, 5) is 9.22. The highest BCUT2D eigenvalue weighted by Crippen LogP contribution is 2.39. The van der Waals surface area contributed by atoms with Crippen molar-refractivity contribution in [2.75, 3.05) is 11.9 Å². The summed E-state index contributed by atoms with van der Waals surface area (Å²) in [5, 5.41) is 2.50. The summed E-state index contributed by atoms with van der Waals surface area (Å²) in [6.07, 6.45) is 6.16. The quantitative estimate of drug-likeness (QED) is 0.470. The molecule has 0 fully saturated rings. The largest absolute Gasteiger partial charge is 0.357 e. The average Bonchev–Trinajstić information content (AvgIpc) is 3.15. The van der Waals surface area contributed by atoms with Gasteiger partial charge in [0.05, 0.1) is 11.0 Å². The number of pyridine rings is 1. The van der Waals surface area contributed by atoms with Crippen LogP contribution in [0.2, 0.25) is 0 Å². The summed E-state index contributed by atoms with van der Waals surface area (Å²) in [6, 6.07) is 19.3. The topological polar surface area (TPSA) is 24.3 Å². The van der Waals surface area contributed by atoms with Gasteiger partial charge in [0.2, 0.25) is 0 Å². The van der Waals surface area contributed by atoms with Crippen molar-refractivity contribution >= 4 is 27.5 Å². The van der Waals surface area contributed by atoms with Gasteiger partial charge in [0, 0.05) is 42.1 Å². The minimum atomic E-state index is -0.0994. The molecule has 4 aromatic rings. The SMILES string of the molecule is Cc1cc2c(cc1N1C=CN(C)C1(C)C)c1ccccc1n2-c1ccccn1. The summed E-state index contributed by atoms with van der Waals surface area (Å²) >= 11 is 0. The van der Waals surface area contributed by atoms with E-state index in [4.69, 9.17) is 0 Å². The first-order valence-electron chi connectivity index (χ1n) is 9.64. The van der Waals surface area contributed by atoms with Crippen LogP contribution in [0.3, 0.4) is 0 Å². The molecule has 0 saturated heterocycles. The third kappa shape index (κ3) is 2.27. The number of para-hydroxylation sites is 1. The number of benzene rings is 2. The maximum Gasteiger partial charge on any atom is 0.137 e. The van der Waals surface area contributed by atoms with Gasteiger partial charge in [-0.2, -0.15) is 0 Å². The van der Waals surface area contributed by atoms with E-state index in [1.54, 1.807) is 0 Å². The van der Waals surface area contributed by atoms with E-state index in [0.717, 1.165) is 5.82 Å². The Morgan fingerprint density at radius 3 is 2.36 bits per heavy atom. The second-order valence-corrected chi connectivity index (χ2v) is 7.97. The minimum absolute atomic E-state index is 0.0994. The summed E-state index contributed by atoms with van der Waals surface area (Å²) in [5.74, 6) is 0.946. The molecule has 140 valence electrons. The van der Waals surface area contributed by atoms with Crippen LogP contribution in [-0.4, -0.2) is 27.2 Å². The van der Waals surface area contributed by atoms with Crippen LogP contribution in [0.4, 0.5) is 5.69 Å². The second kappa shape index (κ2) is 5.86. The highest BCUT2D eigenvalue weighted by Gasteiger charge is 2.34. The van der Waals surface area contributed by atoms with Gasteiger partial charge in [0.25, 0.3) is 0 Å². The Balaban J connectivity index is 1.83. The fourth-order valence-corrected chi connectivity index (χ4v) is 4.18. The number of nitrogens with zero attached hydrogens (tertiary/aromatic N) is 4. The number of hydrogen-bond donors (Lipinski definition) is 0. The lowest BCUT2D eigenvalue weighted by atomic mass is 10.1. The maximum absolute atomic E-state index is 4.62. The Labute approximate surface area is 165 Å². The monoisotopic (exact) mass is 368 g/mol. The number of aromatic nitrogens is 2. The van der Waals surface area contributed by atoms with Gasteiger partial charge in [-0.25, -0.2) is 4.98 Å². The van der Waals surface area contributed by atoms with Crippen molar-refractivity contribution in [2.24, 2.45) is 0 Å². The van der Waals surface area contributed by atoms with E-state index in [2.05, 4.69) is 102 Å². The Morgan fingerprint density at radius 1 is 0.857 bits per heavy atom. The summed E-state index contributed by atoms with van der Waals surface area (Å²) in [6.45, 7) is 6.68. The van der Waals surface area contributed by atoms with Crippen LogP contribution in [0.5, 0.6) is 0 Å². The van der Waals surface area contributed by atoms with Crippen LogP contribution in [0.15, 0.2) is 73.2 Å². The van der Waals surface area contributed by atoms with E-state index in [0.29, 0.717) is 0 Å². The average molecular weight is 368 g/mol. The fraction of sp³-hybridized carbons (Fsp3) is 0.208. The normalized spacial score (nSPS) is 15.9. The molecule has 4 heteroatoms. The highest BCUT2D eigenvalue weighted by atomic mass is 15.4. The summed E-state index contributed by atoms with van der Waals surface area (Å²) in [5.41, 5.74) is 4.76. The molecule has 0 aliphatic carbocycles. The smallest absolute Gasteiger partial charge is 0.137 e. The van der Waals surface area contributed by atoms with Crippen molar-refractivity contribution in [3.8, 4) is 5.82 Å². The second-order valence-electron chi connectivity index (χ2n) is 7.97. The van der Waals surface area contributed by atoms with Crippen LogP contribution >= 0.6 is 0 Å². The first-order valence-corrected chi connectivity index (χ1v) is 9.64. The summed E-state index contributed by atoms with van der Waals surface area (Å²) in [7, 11) is 2.12. The third-order valence-corrected chi connectivity index (χ3v) is 6.02. The lowest BCUT2D eigenvalue weighted by Crippen LogP contribution is -2.46. The molecule has 5 rings (SSSR count). The van der Waals surface area contributed by atoms with E-state index in [9.17, 15) is 0 Å². The molecule has 2 aromatic carbocycles. The van der Waals surface area contributed by atoms with Crippen LogP contribution < -0.4 is 4.90 Å². The van der Waals surface area contributed by atoms with Crippen LogP contribution in [0.25, 0.3) is 27.6 Å². The fourth-order valence-electron chi connectivity index (χ4n) is 4.18. The van der Waals surface area contributed by atoms with Crippen molar-refractivity contribution in [3.05, 3.63) is 78.8 Å². The molecular weight excluding hydrogens is 344 g/mol. The predicted octanol–water partition coefficient (Wildman–Crippen LogP) is 5.45. The molecule has 28 heavy (non-hydrogen) atoms. The van der Waals surface area contributed by atoms with Gasteiger partial charge >= 0.3 is 0 Å². The Kier molecular flexibility index (Phi) is 3.53. The first kappa shape index (κ1) is 16.9. The molecule has 0 unspecified atom stereocenters. The van der Waals surface area contributed by atoms with Crippen molar-refractivity contribution in [1.82, 2.24) is 14.5 Å². The van der Waals surface area contributed by atoms with Gasteiger partial charge in [-0.05, 0) is 56.7 Å². The number of anilines is 1. The Hall–Kier alpha value is -3.27. The summed E-state index contributed by atoms with van der Waals surface area (Å²) < 4.78 is 2.26. The van der Waals surface area contributed by atoms with E-state index < -0.39 is 0 Å². The number of aryl methyl sites for hydroxylation is 1. The van der Waals surface area contributed by atoms with Gasteiger partial charge in [-0.3, -0.25) is 4.57 Å². The zero-order valence-electron chi connectivity index (χ0n) is 16.7. The number of rotatable bonds is 2. The standard InChI is InChI=1S/C24H24N4/c1-17-15-22-19(16-21(17)27-14-13-26(4)24(27,2)3)18-9-5-6-10-20(18)28(22)23-11-7-8-12-25-23/h5-16H,1-4H3. The van der Waals surface area contributed by atoms with Crippen molar-refractivity contribution < 1.29 is 0 Å². The highest BCUT2D eigenvalue weighted by molar-refractivity contribution is 6.10. The molecule has 0 bridgehead atoms. The molecule has 0 N–H and O–H groups in total. The number of hydrogen-bond acceptors (Lipinski definition) is 3. The third-order valence-electron chi connectivity index (χ3n) is 6.02. The van der Waals surface area contributed by atoms with E-state index in [1.165, 1.54) is 33.1 Å². The molecule has 0 spiro atoms. The first-order chi connectivity index (χ1) is 13.5. The molecule has 3 heterocycles. The molecule has 1 aliphatic rings. The lowest BCUT2D eigenvalue weighted by Gasteiger charge is -2.39. The van der Waals surface area contributed by atoms with Gasteiger partial charge in [0.1, 0.15) is 11.5 Å². The van der Waals surface area contributed by atoms with Crippen molar-refractivity contribution in [3.63, 3.8) is 0 Å². The Morgan fingerprint density at radius 2 is 1.64 bits per heavy atom. The molecular formula is C24H24N4. The molecule has 0 radical (unpaired) electrons. The lowest BCUT2D eigenvalue weighted by molar-refractivity contribution is 0.253. The van der Waals surface area contributed by atoms with Gasteiger partial charge in [0.15, 0.2) is 0 Å². The molecule has 0 atom stereocenters. The van der Waals surface area contributed by atoms with Crippen molar-refractivity contribution in [2.45, 2.75) is 26.4 Å². The zero-order valence-corrected chi connectivity index (χ0v) is 16.7. The molecule has 4 nitrogen and oxygen atoms in total. The molecule has 0 saturated carbocycles. The molecule has 1 aliphatic heterocycles. The van der Waals surface area contributed by atoms with Crippen molar-refractivity contribution in [1.29, 1.82) is 0 Å².